The number of hydrogen-bond donors (Lipinski definition) is 2. The molecule has 0 aliphatic carbocycles. The van der Waals surface area contributed by atoms with E-state index in [2.05, 4.69) is 15.6 Å². The Hall–Kier alpha value is -6.16. The van der Waals surface area contributed by atoms with Gasteiger partial charge in [-0.25, -0.2) is 19.4 Å². The lowest BCUT2D eigenvalue weighted by molar-refractivity contribution is 0.0206. The first-order chi connectivity index (χ1) is 24.1. The first kappa shape index (κ1) is 33.7. The van der Waals surface area contributed by atoms with Gasteiger partial charge in [0.25, 0.3) is 5.91 Å². The monoisotopic (exact) mass is 674 g/mol. The quantitative estimate of drug-likeness (QED) is 0.174. The van der Waals surface area contributed by atoms with Gasteiger partial charge in [-0.15, -0.1) is 0 Å². The molecule has 2 aromatic carbocycles. The minimum atomic E-state index is -0.588. The number of piperidine rings is 1. The standard InChI is InChI=1S/C37H38N8O5/c1-37(2,3)50-36(47)44-19-5-6-27(23-44)41-33-32-30(16-18-40-34(32)45(43-33)22-24-7-11-28(48-4)12-8-24)49-29-13-9-26(10-14-29)35(46)42-31-20-25(21-38)15-17-39-31/h7-18,20,27H,5-6,19,22-23H2,1-4H3,(H,41,43)(H,39,42,46). The predicted molar refractivity (Wildman–Crippen MR) is 187 cm³/mol. The summed E-state index contributed by atoms with van der Waals surface area (Å²) < 4.78 is 19.2. The molecule has 13 heteroatoms. The van der Waals surface area contributed by atoms with Crippen molar-refractivity contribution in [3.63, 3.8) is 0 Å². The molecule has 3 aromatic heterocycles. The number of amides is 2. The minimum Gasteiger partial charge on any atom is -0.497 e. The van der Waals surface area contributed by atoms with E-state index in [1.807, 2.05) is 55.8 Å². The van der Waals surface area contributed by atoms with E-state index in [-0.39, 0.29) is 23.9 Å². The summed E-state index contributed by atoms with van der Waals surface area (Å²) in [6, 6.07) is 21.3. The number of ether oxygens (including phenoxy) is 3. The van der Waals surface area contributed by atoms with Gasteiger partial charge in [0.05, 0.1) is 25.3 Å². The summed E-state index contributed by atoms with van der Waals surface area (Å²) in [4.78, 5) is 36.3. The molecule has 0 spiro atoms. The van der Waals surface area contributed by atoms with Gasteiger partial charge < -0.3 is 29.7 Å². The third-order valence-electron chi connectivity index (χ3n) is 7.98. The molecule has 50 heavy (non-hydrogen) atoms. The van der Waals surface area contributed by atoms with Crippen LogP contribution in [0, 0.1) is 11.3 Å². The Kier molecular flexibility index (Phi) is 9.80. The van der Waals surface area contributed by atoms with Crippen LogP contribution < -0.4 is 20.1 Å². The van der Waals surface area contributed by atoms with Crippen LogP contribution in [0.3, 0.4) is 0 Å². The van der Waals surface area contributed by atoms with Crippen LogP contribution >= 0.6 is 0 Å². The third-order valence-corrected chi connectivity index (χ3v) is 7.98. The smallest absolute Gasteiger partial charge is 0.410 e. The second kappa shape index (κ2) is 14.5. The summed E-state index contributed by atoms with van der Waals surface area (Å²) in [5.74, 6) is 2.28. The highest BCUT2D eigenvalue weighted by molar-refractivity contribution is 6.04. The zero-order valence-corrected chi connectivity index (χ0v) is 28.3. The van der Waals surface area contributed by atoms with E-state index in [4.69, 9.17) is 29.6 Å². The Morgan fingerprint density at radius 2 is 1.74 bits per heavy atom. The molecule has 0 saturated carbocycles. The average molecular weight is 675 g/mol. The van der Waals surface area contributed by atoms with Crippen molar-refractivity contribution in [1.29, 1.82) is 5.26 Å². The van der Waals surface area contributed by atoms with Crippen LogP contribution in [0.4, 0.5) is 16.4 Å². The van der Waals surface area contributed by atoms with Crippen LogP contribution in [-0.4, -0.2) is 68.5 Å². The van der Waals surface area contributed by atoms with E-state index in [9.17, 15) is 9.59 Å². The number of likely N-dealkylation sites (tertiary alicyclic amines) is 1. The first-order valence-electron chi connectivity index (χ1n) is 16.3. The number of nitriles is 1. The molecule has 5 aromatic rings. The summed E-state index contributed by atoms with van der Waals surface area (Å²) in [6.45, 7) is 7.10. The lowest BCUT2D eigenvalue weighted by Gasteiger charge is -2.34. The van der Waals surface area contributed by atoms with Gasteiger partial charge in [0, 0.05) is 43.2 Å². The van der Waals surface area contributed by atoms with Gasteiger partial charge in [-0.1, -0.05) is 12.1 Å². The zero-order valence-electron chi connectivity index (χ0n) is 28.3. The predicted octanol–water partition coefficient (Wildman–Crippen LogP) is 6.61. The Morgan fingerprint density at radius 1 is 1.00 bits per heavy atom. The van der Waals surface area contributed by atoms with E-state index in [0.29, 0.717) is 59.1 Å². The number of fused-ring (bicyclic) bond motifs is 1. The van der Waals surface area contributed by atoms with Crippen LogP contribution in [0.2, 0.25) is 0 Å². The summed E-state index contributed by atoms with van der Waals surface area (Å²) in [5, 5.41) is 21.1. The summed E-state index contributed by atoms with van der Waals surface area (Å²) in [5.41, 5.74) is 1.82. The van der Waals surface area contributed by atoms with E-state index in [1.54, 1.807) is 54.6 Å². The van der Waals surface area contributed by atoms with Crippen molar-refractivity contribution in [1.82, 2.24) is 24.6 Å². The van der Waals surface area contributed by atoms with Crippen LogP contribution in [0.25, 0.3) is 11.0 Å². The maximum Gasteiger partial charge on any atom is 0.410 e. The summed E-state index contributed by atoms with van der Waals surface area (Å²) >= 11 is 0. The number of carbonyl (C=O) groups is 2. The van der Waals surface area contributed by atoms with Gasteiger partial charge in [-0.3, -0.25) is 4.79 Å². The molecule has 13 nitrogen and oxygen atoms in total. The number of anilines is 2. The Labute approximate surface area is 289 Å². The number of pyridine rings is 2. The molecule has 1 aliphatic heterocycles. The summed E-state index contributed by atoms with van der Waals surface area (Å²) in [6.07, 6.45) is 4.44. The molecular formula is C37H38N8O5. The highest BCUT2D eigenvalue weighted by atomic mass is 16.6. The molecule has 2 N–H and O–H groups in total. The molecule has 1 unspecified atom stereocenters. The van der Waals surface area contributed by atoms with Gasteiger partial charge in [0.15, 0.2) is 11.5 Å². The number of methoxy groups -OCH3 is 1. The van der Waals surface area contributed by atoms with E-state index >= 15 is 0 Å². The highest BCUT2D eigenvalue weighted by Gasteiger charge is 2.29. The Morgan fingerprint density at radius 3 is 2.46 bits per heavy atom. The van der Waals surface area contributed by atoms with Gasteiger partial charge in [-0.2, -0.15) is 10.4 Å². The molecule has 1 atom stereocenters. The Bertz CT molecular complexity index is 2030. The maximum absolute atomic E-state index is 12.9. The maximum atomic E-state index is 12.9. The molecule has 6 rings (SSSR count). The lowest BCUT2D eigenvalue weighted by Crippen LogP contribution is -2.47. The fourth-order valence-corrected chi connectivity index (χ4v) is 5.61. The van der Waals surface area contributed by atoms with Crippen molar-refractivity contribution in [3.05, 3.63) is 95.8 Å². The molecule has 1 saturated heterocycles. The second-order valence-electron chi connectivity index (χ2n) is 12.9. The highest BCUT2D eigenvalue weighted by Crippen LogP contribution is 2.35. The lowest BCUT2D eigenvalue weighted by atomic mass is 10.1. The van der Waals surface area contributed by atoms with Gasteiger partial charge in [-0.05, 0) is 87.7 Å². The van der Waals surface area contributed by atoms with Crippen molar-refractivity contribution < 1.29 is 23.8 Å². The van der Waals surface area contributed by atoms with Crippen molar-refractivity contribution >= 4 is 34.7 Å². The van der Waals surface area contributed by atoms with E-state index < -0.39 is 5.60 Å². The Balaban J connectivity index is 1.26. The van der Waals surface area contributed by atoms with E-state index in [0.717, 1.165) is 24.2 Å². The first-order valence-corrected chi connectivity index (χ1v) is 16.3. The molecule has 0 bridgehead atoms. The number of carbonyl (C=O) groups excluding carboxylic acids is 2. The third kappa shape index (κ3) is 8.10. The van der Waals surface area contributed by atoms with E-state index in [1.165, 1.54) is 12.3 Å². The minimum absolute atomic E-state index is 0.0852. The summed E-state index contributed by atoms with van der Waals surface area (Å²) in [7, 11) is 1.63. The topological polar surface area (TPSA) is 157 Å². The number of nitrogens with one attached hydrogen (secondary N) is 2. The molecule has 0 radical (unpaired) electrons. The normalized spacial score (nSPS) is 14.5. The van der Waals surface area contributed by atoms with Crippen LogP contribution in [0.1, 0.15) is 55.1 Å². The molecule has 1 fully saturated rings. The number of aromatic nitrogens is 4. The van der Waals surface area contributed by atoms with Crippen LogP contribution in [0.5, 0.6) is 17.2 Å². The largest absolute Gasteiger partial charge is 0.497 e. The van der Waals surface area contributed by atoms with Crippen molar-refractivity contribution in [2.45, 2.75) is 51.8 Å². The number of benzene rings is 2. The van der Waals surface area contributed by atoms with Crippen LogP contribution in [-0.2, 0) is 11.3 Å². The number of rotatable bonds is 9. The van der Waals surface area contributed by atoms with Crippen LogP contribution in [0.15, 0.2) is 79.1 Å². The van der Waals surface area contributed by atoms with Gasteiger partial charge in [0.1, 0.15) is 34.1 Å². The second-order valence-corrected chi connectivity index (χ2v) is 12.9. The van der Waals surface area contributed by atoms with Crippen molar-refractivity contribution in [3.8, 4) is 23.3 Å². The SMILES string of the molecule is COc1ccc(Cn2nc(NC3CCCN(C(=O)OC(C)(C)C)C3)c3c(Oc4ccc(C(=O)Nc5cc(C#N)ccn5)cc4)ccnc32)cc1. The number of nitrogens with zero attached hydrogens (tertiary/aromatic N) is 6. The fourth-order valence-electron chi connectivity index (χ4n) is 5.61. The molecular weight excluding hydrogens is 636 g/mol. The van der Waals surface area contributed by atoms with Gasteiger partial charge >= 0.3 is 6.09 Å². The molecule has 2 amide bonds. The molecule has 4 heterocycles. The number of hydrogen-bond acceptors (Lipinski definition) is 10. The van der Waals surface area contributed by atoms with Crippen molar-refractivity contribution in [2.75, 3.05) is 30.8 Å². The zero-order chi connectivity index (χ0) is 35.3. The van der Waals surface area contributed by atoms with Gasteiger partial charge in [0.2, 0.25) is 0 Å². The molecule has 256 valence electrons. The fraction of sp³-hybridized carbons (Fsp3) is 0.297. The molecule has 1 aliphatic rings. The van der Waals surface area contributed by atoms with Crippen molar-refractivity contribution in [2.24, 2.45) is 0 Å². The average Bonchev–Trinajstić information content (AvgIpc) is 3.45.